The molecular formula is C27H28ClNO6. The van der Waals surface area contributed by atoms with Gasteiger partial charge in [-0.2, -0.15) is 0 Å². The van der Waals surface area contributed by atoms with Gasteiger partial charge in [0.1, 0.15) is 18.1 Å². The Labute approximate surface area is 209 Å². The van der Waals surface area contributed by atoms with E-state index in [9.17, 15) is 14.7 Å². The molecule has 7 nitrogen and oxygen atoms in total. The van der Waals surface area contributed by atoms with E-state index in [0.29, 0.717) is 34.2 Å². The van der Waals surface area contributed by atoms with Gasteiger partial charge in [-0.25, -0.2) is 4.79 Å². The Morgan fingerprint density at radius 3 is 2.26 bits per heavy atom. The van der Waals surface area contributed by atoms with Crippen LogP contribution < -0.4 is 9.47 Å². The zero-order chi connectivity index (χ0) is 25.4. The minimum Gasteiger partial charge on any atom is -0.497 e. The van der Waals surface area contributed by atoms with Gasteiger partial charge in [0.15, 0.2) is 0 Å². The molecule has 0 atom stereocenters. The topological polar surface area (TPSA) is 85.3 Å². The largest absolute Gasteiger partial charge is 0.497 e. The first-order valence-electron chi connectivity index (χ1n) is 11.1. The molecule has 3 aromatic rings. The smallest absolute Gasteiger partial charge is 0.410 e. The molecule has 0 radical (unpaired) electrons. The molecular weight excluding hydrogens is 470 g/mol. The number of halogens is 1. The second-order valence-electron chi connectivity index (χ2n) is 7.82. The quantitative estimate of drug-likeness (QED) is 0.380. The van der Waals surface area contributed by atoms with E-state index in [-0.39, 0.29) is 19.6 Å². The molecule has 3 aromatic carbocycles. The normalized spacial score (nSPS) is 10.5. The minimum absolute atomic E-state index is 0.117. The summed E-state index contributed by atoms with van der Waals surface area (Å²) in [6.07, 6.45) is -0.565. The molecule has 0 aliphatic carbocycles. The van der Waals surface area contributed by atoms with Crippen LogP contribution in [0.2, 0.25) is 5.02 Å². The summed E-state index contributed by atoms with van der Waals surface area (Å²) in [6, 6.07) is 17.9. The van der Waals surface area contributed by atoms with E-state index in [1.165, 1.54) is 0 Å². The number of carboxylic acid groups (broad SMARTS) is 1. The Balaban J connectivity index is 1.90. The summed E-state index contributed by atoms with van der Waals surface area (Å²) in [5.74, 6) is 0.289. The molecule has 0 aromatic heterocycles. The molecule has 1 N–H and O–H groups in total. The first-order valence-corrected chi connectivity index (χ1v) is 11.4. The van der Waals surface area contributed by atoms with Gasteiger partial charge in [0.05, 0.1) is 20.6 Å². The minimum atomic E-state index is -0.924. The standard InChI is InChI=1S/C27H28ClNO6/c1-4-29(27(32)35-17-18-5-9-21(28)10-6-18)16-20-8-11-22(33-2)15-23(20)24-13-19(14-26(30)31)7-12-25(24)34-3/h5-13,15H,4,14,16-17H2,1-3H3,(H,30,31). The van der Waals surface area contributed by atoms with Crippen molar-refractivity contribution in [1.82, 2.24) is 4.90 Å². The summed E-state index contributed by atoms with van der Waals surface area (Å²) < 4.78 is 16.5. The number of benzene rings is 3. The highest BCUT2D eigenvalue weighted by Crippen LogP contribution is 2.36. The van der Waals surface area contributed by atoms with Crippen LogP contribution in [-0.2, 0) is 29.1 Å². The van der Waals surface area contributed by atoms with Crippen molar-refractivity contribution in [1.29, 1.82) is 0 Å². The van der Waals surface area contributed by atoms with Crippen molar-refractivity contribution in [3.05, 3.63) is 82.4 Å². The fourth-order valence-electron chi connectivity index (χ4n) is 3.65. The predicted molar refractivity (Wildman–Crippen MR) is 134 cm³/mol. The maximum atomic E-state index is 12.9. The number of rotatable bonds is 10. The number of nitrogens with zero attached hydrogens (tertiary/aromatic N) is 1. The highest BCUT2D eigenvalue weighted by molar-refractivity contribution is 6.30. The van der Waals surface area contributed by atoms with Crippen LogP contribution in [0.5, 0.6) is 11.5 Å². The third kappa shape index (κ3) is 6.90. The number of ether oxygens (including phenoxy) is 3. The van der Waals surface area contributed by atoms with Crippen LogP contribution in [0, 0.1) is 0 Å². The predicted octanol–water partition coefficient (Wildman–Crippen LogP) is 5.81. The molecule has 0 bridgehead atoms. The van der Waals surface area contributed by atoms with Crippen LogP contribution in [0.25, 0.3) is 11.1 Å². The van der Waals surface area contributed by atoms with Crippen molar-refractivity contribution < 1.29 is 28.9 Å². The SMILES string of the molecule is CCN(Cc1ccc(OC)cc1-c1cc(CC(=O)O)ccc1OC)C(=O)OCc1ccc(Cl)cc1. The number of amides is 1. The Morgan fingerprint density at radius 2 is 1.63 bits per heavy atom. The van der Waals surface area contributed by atoms with Crippen LogP contribution >= 0.6 is 11.6 Å². The Morgan fingerprint density at radius 1 is 0.914 bits per heavy atom. The second-order valence-corrected chi connectivity index (χ2v) is 8.26. The molecule has 0 heterocycles. The monoisotopic (exact) mass is 497 g/mol. The molecule has 35 heavy (non-hydrogen) atoms. The fourth-order valence-corrected chi connectivity index (χ4v) is 3.78. The maximum Gasteiger partial charge on any atom is 0.410 e. The summed E-state index contributed by atoms with van der Waals surface area (Å²) in [6.45, 7) is 2.72. The van der Waals surface area contributed by atoms with E-state index in [1.54, 1.807) is 49.5 Å². The lowest BCUT2D eigenvalue weighted by Gasteiger charge is -2.23. The molecule has 0 fully saturated rings. The highest BCUT2D eigenvalue weighted by atomic mass is 35.5. The van der Waals surface area contributed by atoms with Gasteiger partial charge in [-0.15, -0.1) is 0 Å². The van der Waals surface area contributed by atoms with Crippen LogP contribution in [0.1, 0.15) is 23.6 Å². The number of carbonyl (C=O) groups is 2. The van der Waals surface area contributed by atoms with Crippen molar-refractivity contribution in [3.8, 4) is 22.6 Å². The summed E-state index contributed by atoms with van der Waals surface area (Å²) in [7, 11) is 3.13. The van der Waals surface area contributed by atoms with Gasteiger partial charge < -0.3 is 24.2 Å². The average Bonchev–Trinajstić information content (AvgIpc) is 2.86. The van der Waals surface area contributed by atoms with Crippen molar-refractivity contribution in [2.24, 2.45) is 0 Å². The number of methoxy groups -OCH3 is 2. The Bertz CT molecular complexity index is 1180. The van der Waals surface area contributed by atoms with Gasteiger partial charge in [0, 0.05) is 23.7 Å². The number of aliphatic carboxylic acids is 1. The number of hydrogen-bond acceptors (Lipinski definition) is 5. The first kappa shape index (κ1) is 25.9. The molecule has 184 valence electrons. The summed E-state index contributed by atoms with van der Waals surface area (Å²) in [4.78, 5) is 25.7. The summed E-state index contributed by atoms with van der Waals surface area (Å²) in [5, 5.41) is 9.85. The van der Waals surface area contributed by atoms with Gasteiger partial charge in [0.25, 0.3) is 0 Å². The van der Waals surface area contributed by atoms with E-state index in [1.807, 2.05) is 37.3 Å². The second kappa shape index (κ2) is 12.1. The fraction of sp³-hybridized carbons (Fsp3) is 0.259. The molecule has 3 rings (SSSR count). The number of carbonyl (C=O) groups excluding carboxylic acids is 1. The Kier molecular flexibility index (Phi) is 8.98. The first-order chi connectivity index (χ1) is 16.8. The van der Waals surface area contributed by atoms with Gasteiger partial charge in [-0.1, -0.05) is 35.9 Å². The van der Waals surface area contributed by atoms with E-state index in [0.717, 1.165) is 16.7 Å². The molecule has 0 aliphatic heterocycles. The van der Waals surface area contributed by atoms with E-state index in [4.69, 9.17) is 25.8 Å². The number of hydrogen-bond donors (Lipinski definition) is 1. The molecule has 0 spiro atoms. The molecule has 8 heteroatoms. The van der Waals surface area contributed by atoms with Crippen molar-refractivity contribution in [2.45, 2.75) is 26.5 Å². The van der Waals surface area contributed by atoms with Crippen molar-refractivity contribution >= 4 is 23.7 Å². The van der Waals surface area contributed by atoms with E-state index < -0.39 is 12.1 Å². The summed E-state index contributed by atoms with van der Waals surface area (Å²) in [5.41, 5.74) is 3.80. The maximum absolute atomic E-state index is 12.9. The molecule has 0 saturated heterocycles. The molecule has 0 saturated carbocycles. The van der Waals surface area contributed by atoms with Crippen LogP contribution in [0.4, 0.5) is 4.79 Å². The van der Waals surface area contributed by atoms with Gasteiger partial charge in [-0.05, 0) is 65.6 Å². The average molecular weight is 498 g/mol. The molecule has 0 unspecified atom stereocenters. The third-order valence-corrected chi connectivity index (χ3v) is 5.76. The van der Waals surface area contributed by atoms with Crippen LogP contribution in [0.15, 0.2) is 60.7 Å². The van der Waals surface area contributed by atoms with Gasteiger partial charge >= 0.3 is 12.1 Å². The van der Waals surface area contributed by atoms with Gasteiger partial charge in [-0.3, -0.25) is 4.79 Å². The highest BCUT2D eigenvalue weighted by Gasteiger charge is 2.19. The van der Waals surface area contributed by atoms with E-state index in [2.05, 4.69) is 0 Å². The lowest BCUT2D eigenvalue weighted by Crippen LogP contribution is -2.31. The zero-order valence-corrected chi connectivity index (χ0v) is 20.7. The van der Waals surface area contributed by atoms with Crippen molar-refractivity contribution in [2.75, 3.05) is 20.8 Å². The lowest BCUT2D eigenvalue weighted by atomic mass is 9.95. The van der Waals surface area contributed by atoms with Crippen molar-refractivity contribution in [3.63, 3.8) is 0 Å². The summed E-state index contributed by atoms with van der Waals surface area (Å²) >= 11 is 5.92. The Hall–Kier alpha value is -3.71. The van der Waals surface area contributed by atoms with Gasteiger partial charge in [0.2, 0.25) is 0 Å². The number of carboxylic acids is 1. The molecule has 0 aliphatic rings. The van der Waals surface area contributed by atoms with Crippen LogP contribution in [0.3, 0.4) is 0 Å². The van der Waals surface area contributed by atoms with Crippen LogP contribution in [-0.4, -0.2) is 42.8 Å². The molecule has 1 amide bonds. The lowest BCUT2D eigenvalue weighted by molar-refractivity contribution is -0.136. The zero-order valence-electron chi connectivity index (χ0n) is 19.9. The van der Waals surface area contributed by atoms with E-state index >= 15 is 0 Å². The third-order valence-electron chi connectivity index (χ3n) is 5.50.